The third-order valence-corrected chi connectivity index (χ3v) is 4.21. The highest BCUT2D eigenvalue weighted by Crippen LogP contribution is 2.43. The molecule has 0 bridgehead atoms. The summed E-state index contributed by atoms with van der Waals surface area (Å²) < 4.78 is 41.0. The van der Waals surface area contributed by atoms with Gasteiger partial charge in [-0.3, -0.25) is 9.78 Å². The van der Waals surface area contributed by atoms with E-state index in [0.717, 1.165) is 0 Å². The second-order valence-corrected chi connectivity index (χ2v) is 5.83. The van der Waals surface area contributed by atoms with Crippen molar-refractivity contribution in [1.82, 2.24) is 15.6 Å². The fourth-order valence-electron chi connectivity index (χ4n) is 2.97. The first-order valence-corrected chi connectivity index (χ1v) is 7.61. The first kappa shape index (κ1) is 17.9. The zero-order chi connectivity index (χ0) is 18.9. The van der Waals surface area contributed by atoms with Crippen LogP contribution in [0, 0.1) is 5.92 Å². The molecule has 0 spiro atoms. The molecule has 26 heavy (non-hydrogen) atoms. The number of rotatable bonds is 3. The second-order valence-electron chi connectivity index (χ2n) is 5.83. The molecule has 1 saturated heterocycles. The van der Waals surface area contributed by atoms with Gasteiger partial charge in [-0.1, -0.05) is 30.3 Å². The molecule has 136 valence electrons. The number of aromatic nitrogens is 1. The van der Waals surface area contributed by atoms with Crippen LogP contribution in [0.2, 0.25) is 0 Å². The van der Waals surface area contributed by atoms with Gasteiger partial charge in [-0.2, -0.15) is 13.2 Å². The van der Waals surface area contributed by atoms with Crippen molar-refractivity contribution in [1.29, 1.82) is 0 Å². The molecule has 2 amide bonds. The quantitative estimate of drug-likeness (QED) is 0.727. The number of amides is 2. The summed E-state index contributed by atoms with van der Waals surface area (Å²) in [5.74, 6) is -3.00. The van der Waals surface area contributed by atoms with Crippen molar-refractivity contribution in [3.8, 4) is 0 Å². The van der Waals surface area contributed by atoms with Crippen LogP contribution in [-0.2, 0) is 0 Å². The molecule has 1 aromatic carbocycles. The number of benzene rings is 1. The minimum atomic E-state index is -5.27. The van der Waals surface area contributed by atoms with Gasteiger partial charge >= 0.3 is 12.2 Å². The summed E-state index contributed by atoms with van der Waals surface area (Å²) in [6, 6.07) is 7.41. The van der Waals surface area contributed by atoms with Crippen LogP contribution in [0.1, 0.15) is 22.0 Å². The third-order valence-electron chi connectivity index (χ3n) is 4.21. The highest BCUT2D eigenvalue weighted by atomic mass is 19.4. The molecule has 0 unspecified atom stereocenters. The number of ketones is 1. The largest absolute Gasteiger partial charge is 0.437 e. The fourth-order valence-corrected chi connectivity index (χ4v) is 2.97. The molecule has 0 radical (unpaired) electrons. The molecule has 1 aliphatic rings. The summed E-state index contributed by atoms with van der Waals surface area (Å²) in [7, 11) is 0. The molecular weight excluding hydrogens is 351 g/mol. The highest BCUT2D eigenvalue weighted by Gasteiger charge is 2.66. The highest BCUT2D eigenvalue weighted by molar-refractivity contribution is 6.00. The van der Waals surface area contributed by atoms with Gasteiger partial charge in [0.1, 0.15) is 5.92 Å². The van der Waals surface area contributed by atoms with Crippen molar-refractivity contribution in [2.75, 3.05) is 0 Å². The summed E-state index contributed by atoms with van der Waals surface area (Å²) in [5, 5.41) is 14.1. The van der Waals surface area contributed by atoms with E-state index >= 15 is 0 Å². The van der Waals surface area contributed by atoms with Crippen molar-refractivity contribution in [3.63, 3.8) is 0 Å². The molecule has 3 rings (SSSR count). The first-order valence-electron chi connectivity index (χ1n) is 7.61. The Balaban J connectivity index is 2.15. The second kappa shape index (κ2) is 6.41. The third kappa shape index (κ3) is 3.01. The van der Waals surface area contributed by atoms with Gasteiger partial charge in [-0.25, -0.2) is 4.79 Å². The lowest BCUT2D eigenvalue weighted by molar-refractivity contribution is -0.287. The Morgan fingerprint density at radius 2 is 1.73 bits per heavy atom. The van der Waals surface area contributed by atoms with E-state index in [4.69, 9.17) is 0 Å². The van der Waals surface area contributed by atoms with Crippen LogP contribution in [0.15, 0.2) is 54.9 Å². The number of nitrogens with zero attached hydrogens (tertiary/aromatic N) is 1. The number of hydrogen-bond donors (Lipinski definition) is 3. The molecule has 2 aromatic rings. The molecule has 3 N–H and O–H groups in total. The van der Waals surface area contributed by atoms with Crippen LogP contribution in [0.25, 0.3) is 0 Å². The summed E-state index contributed by atoms with van der Waals surface area (Å²) >= 11 is 0. The lowest BCUT2D eigenvalue weighted by atomic mass is 9.77. The zero-order valence-electron chi connectivity index (χ0n) is 13.2. The number of nitrogens with one attached hydrogen (secondary N) is 2. The van der Waals surface area contributed by atoms with Gasteiger partial charge in [0.2, 0.25) is 5.72 Å². The van der Waals surface area contributed by atoms with Gasteiger partial charge in [0.05, 0.1) is 6.04 Å². The summed E-state index contributed by atoms with van der Waals surface area (Å²) in [6.07, 6.45) is -2.63. The lowest BCUT2D eigenvalue weighted by Gasteiger charge is -2.45. The number of carbonyl (C=O) groups excluding carboxylic acids is 2. The van der Waals surface area contributed by atoms with Gasteiger partial charge in [0, 0.05) is 18.0 Å². The van der Waals surface area contributed by atoms with Crippen LogP contribution < -0.4 is 10.6 Å². The molecule has 0 saturated carbocycles. The number of carbonyl (C=O) groups is 2. The van der Waals surface area contributed by atoms with Crippen molar-refractivity contribution in [2.45, 2.75) is 17.9 Å². The van der Waals surface area contributed by atoms with E-state index in [-0.39, 0.29) is 11.1 Å². The van der Waals surface area contributed by atoms with E-state index in [1.807, 2.05) is 0 Å². The number of aliphatic hydroxyl groups is 1. The van der Waals surface area contributed by atoms with E-state index in [2.05, 4.69) is 10.3 Å². The molecule has 1 aromatic heterocycles. The van der Waals surface area contributed by atoms with Crippen LogP contribution in [0.4, 0.5) is 18.0 Å². The molecule has 6 nitrogen and oxygen atoms in total. The van der Waals surface area contributed by atoms with Crippen molar-refractivity contribution in [3.05, 3.63) is 66.0 Å². The smallest absolute Gasteiger partial charge is 0.363 e. The predicted octanol–water partition coefficient (Wildman–Crippen LogP) is 2.19. The van der Waals surface area contributed by atoms with Gasteiger partial charge < -0.3 is 15.7 Å². The van der Waals surface area contributed by atoms with Crippen LogP contribution in [0.5, 0.6) is 0 Å². The Morgan fingerprint density at radius 3 is 2.31 bits per heavy atom. The number of Topliss-reactive ketones (excluding diaryl/α,β-unsaturated/α-hetero) is 1. The van der Waals surface area contributed by atoms with Gasteiger partial charge in [0.15, 0.2) is 5.78 Å². The minimum absolute atomic E-state index is 0.0165. The Morgan fingerprint density at radius 1 is 1.12 bits per heavy atom. The van der Waals surface area contributed by atoms with Crippen molar-refractivity contribution < 1.29 is 27.9 Å². The fraction of sp³-hybridized carbons (Fsp3) is 0.235. The van der Waals surface area contributed by atoms with Crippen LogP contribution in [0.3, 0.4) is 0 Å². The number of alkyl halides is 3. The standard InChI is InChI=1S/C17H14F3N3O3/c18-17(19,20)16(26)12(14(24)11-4-2-1-3-5-11)13(22-15(25)23-16)10-6-8-21-9-7-10/h1-9,12-13,26H,(H2,22,23,25)/t12-,13-,16+/m0/s1. The normalized spacial score (nSPS) is 25.9. The molecule has 3 atom stereocenters. The van der Waals surface area contributed by atoms with Crippen molar-refractivity contribution >= 4 is 11.8 Å². The summed E-state index contributed by atoms with van der Waals surface area (Å²) in [5.41, 5.74) is -3.53. The molecule has 1 aliphatic heterocycles. The average molecular weight is 365 g/mol. The van der Waals surface area contributed by atoms with E-state index in [9.17, 15) is 27.9 Å². The Hall–Kier alpha value is -2.94. The summed E-state index contributed by atoms with van der Waals surface area (Å²) in [6.45, 7) is 0. The SMILES string of the molecule is O=C1N[C@@H](c2ccncc2)[C@@H](C(=O)c2ccccc2)[C@@](O)(C(F)(F)F)N1. The topological polar surface area (TPSA) is 91.3 Å². The molecular formula is C17H14F3N3O3. The summed E-state index contributed by atoms with van der Waals surface area (Å²) in [4.78, 5) is 28.5. The number of pyridine rings is 1. The molecule has 2 heterocycles. The molecule has 9 heteroatoms. The maximum absolute atomic E-state index is 13.7. The van der Waals surface area contributed by atoms with Gasteiger partial charge in [-0.05, 0) is 17.7 Å². The number of hydrogen-bond acceptors (Lipinski definition) is 4. The van der Waals surface area contributed by atoms with E-state index < -0.39 is 35.7 Å². The Bertz CT molecular complexity index is 814. The van der Waals surface area contributed by atoms with Crippen molar-refractivity contribution in [2.24, 2.45) is 5.92 Å². The van der Waals surface area contributed by atoms with E-state index in [0.29, 0.717) is 0 Å². The predicted molar refractivity (Wildman–Crippen MR) is 83.9 cm³/mol. The van der Waals surface area contributed by atoms with Gasteiger partial charge in [0.25, 0.3) is 0 Å². The number of halogens is 3. The molecule has 0 aliphatic carbocycles. The average Bonchev–Trinajstić information content (AvgIpc) is 2.61. The van der Waals surface area contributed by atoms with Gasteiger partial charge in [-0.15, -0.1) is 0 Å². The maximum Gasteiger partial charge on any atom is 0.437 e. The monoisotopic (exact) mass is 365 g/mol. The van der Waals surface area contributed by atoms with Crippen LogP contribution >= 0.6 is 0 Å². The lowest BCUT2D eigenvalue weighted by Crippen LogP contribution is -2.72. The van der Waals surface area contributed by atoms with E-state index in [1.165, 1.54) is 54.1 Å². The number of urea groups is 1. The van der Waals surface area contributed by atoms with E-state index in [1.54, 1.807) is 6.07 Å². The Labute approximate surface area is 146 Å². The van der Waals surface area contributed by atoms with Crippen LogP contribution in [-0.4, -0.2) is 33.8 Å². The zero-order valence-corrected chi connectivity index (χ0v) is 13.2. The first-order chi connectivity index (χ1) is 12.2. The minimum Gasteiger partial charge on any atom is -0.363 e. The molecule has 1 fully saturated rings. The maximum atomic E-state index is 13.7. The Kier molecular flexibility index (Phi) is 4.41.